The first-order chi connectivity index (χ1) is 8.20. The monoisotopic (exact) mass is 255 g/mol. The molecule has 1 saturated heterocycles. The smallest absolute Gasteiger partial charge is 0.146 e. The maximum absolute atomic E-state index is 5.81. The van der Waals surface area contributed by atoms with Crippen LogP contribution in [0.25, 0.3) is 0 Å². The predicted octanol–water partition coefficient (Wildman–Crippen LogP) is 2.84. The second-order valence-electron chi connectivity index (χ2n) is 4.67. The predicted molar refractivity (Wildman–Crippen MR) is 69.1 cm³/mol. The Hall–Kier alpha value is -0.520. The number of hydrogen-bond acceptors (Lipinski definition) is 5. The quantitative estimate of drug-likeness (QED) is 0.879. The molecule has 1 aliphatic heterocycles. The third-order valence-corrected chi connectivity index (χ3v) is 4.23. The largest absolute Gasteiger partial charge is 0.368 e. The van der Waals surface area contributed by atoms with E-state index in [0.29, 0.717) is 12.1 Å². The van der Waals surface area contributed by atoms with Crippen molar-refractivity contribution in [2.45, 2.75) is 58.3 Å². The number of ether oxygens (including phenoxy) is 1. The second-order valence-corrected chi connectivity index (χ2v) is 5.71. The summed E-state index contributed by atoms with van der Waals surface area (Å²) in [6, 6.07) is 0.292. The minimum Gasteiger partial charge on any atom is -0.368 e. The lowest BCUT2D eigenvalue weighted by Gasteiger charge is -2.09. The summed E-state index contributed by atoms with van der Waals surface area (Å²) in [5.74, 6) is 0. The van der Waals surface area contributed by atoms with E-state index in [1.165, 1.54) is 0 Å². The van der Waals surface area contributed by atoms with Crippen molar-refractivity contribution in [2.24, 2.45) is 0 Å². The fraction of sp³-hybridized carbons (Fsp3) is 0.833. The molecule has 3 unspecified atom stereocenters. The zero-order valence-corrected chi connectivity index (χ0v) is 11.6. The number of rotatable bonds is 5. The standard InChI is InChI=1S/C12H21N3OS/c1-4-7-13-9(3)11-14-15-12(17-11)10-6-5-8(2)16-10/h8-10,13H,4-7H2,1-3H3. The van der Waals surface area contributed by atoms with Gasteiger partial charge in [0.25, 0.3) is 0 Å². The van der Waals surface area contributed by atoms with Crippen LogP contribution in [0.5, 0.6) is 0 Å². The van der Waals surface area contributed by atoms with Crippen molar-refractivity contribution in [3.63, 3.8) is 0 Å². The molecule has 1 fully saturated rings. The van der Waals surface area contributed by atoms with Crippen LogP contribution in [0.3, 0.4) is 0 Å². The van der Waals surface area contributed by atoms with Crippen LogP contribution in [-0.4, -0.2) is 22.8 Å². The van der Waals surface area contributed by atoms with E-state index in [2.05, 4.69) is 36.3 Å². The first kappa shape index (κ1) is 12.9. The van der Waals surface area contributed by atoms with Gasteiger partial charge in [0, 0.05) is 0 Å². The van der Waals surface area contributed by atoms with Gasteiger partial charge in [-0.25, -0.2) is 0 Å². The Labute approximate surface area is 107 Å². The molecular formula is C12H21N3OS. The van der Waals surface area contributed by atoms with Crippen LogP contribution in [0, 0.1) is 0 Å². The van der Waals surface area contributed by atoms with Gasteiger partial charge in [-0.1, -0.05) is 18.3 Å². The maximum Gasteiger partial charge on any atom is 0.146 e. The normalized spacial score (nSPS) is 26.3. The fourth-order valence-electron chi connectivity index (χ4n) is 1.98. The van der Waals surface area contributed by atoms with E-state index >= 15 is 0 Å². The van der Waals surface area contributed by atoms with Crippen molar-refractivity contribution >= 4 is 11.3 Å². The van der Waals surface area contributed by atoms with Crippen molar-refractivity contribution in [2.75, 3.05) is 6.54 Å². The van der Waals surface area contributed by atoms with Crippen LogP contribution in [0.1, 0.15) is 62.2 Å². The van der Waals surface area contributed by atoms with E-state index in [1.807, 2.05) is 0 Å². The molecule has 3 atom stereocenters. The van der Waals surface area contributed by atoms with Gasteiger partial charge in [0.1, 0.15) is 16.1 Å². The Bertz CT molecular complexity index is 355. The molecule has 0 amide bonds. The first-order valence-corrected chi connectivity index (χ1v) is 7.24. The molecule has 1 N–H and O–H groups in total. The minimum atomic E-state index is 0.176. The summed E-state index contributed by atoms with van der Waals surface area (Å²) in [6.45, 7) is 7.44. The van der Waals surface area contributed by atoms with Crippen molar-refractivity contribution in [3.8, 4) is 0 Å². The number of aromatic nitrogens is 2. The lowest BCUT2D eigenvalue weighted by Crippen LogP contribution is -2.19. The Balaban J connectivity index is 1.95. The second kappa shape index (κ2) is 5.89. The molecule has 1 aliphatic rings. The Morgan fingerprint density at radius 2 is 2.29 bits per heavy atom. The molecule has 2 rings (SSSR count). The molecule has 0 aromatic carbocycles. The van der Waals surface area contributed by atoms with E-state index in [4.69, 9.17) is 4.74 Å². The Morgan fingerprint density at radius 3 is 2.94 bits per heavy atom. The van der Waals surface area contributed by atoms with Gasteiger partial charge in [0.15, 0.2) is 0 Å². The highest BCUT2D eigenvalue weighted by molar-refractivity contribution is 7.11. The molecule has 17 heavy (non-hydrogen) atoms. The molecule has 4 nitrogen and oxygen atoms in total. The molecule has 5 heteroatoms. The van der Waals surface area contributed by atoms with Crippen LogP contribution >= 0.6 is 11.3 Å². The van der Waals surface area contributed by atoms with Gasteiger partial charge in [0.2, 0.25) is 0 Å². The average Bonchev–Trinajstić information content (AvgIpc) is 2.93. The number of nitrogens with one attached hydrogen (secondary N) is 1. The van der Waals surface area contributed by atoms with Crippen LogP contribution in [0.4, 0.5) is 0 Å². The van der Waals surface area contributed by atoms with E-state index in [9.17, 15) is 0 Å². The van der Waals surface area contributed by atoms with Crippen LogP contribution in [0.2, 0.25) is 0 Å². The highest BCUT2D eigenvalue weighted by Crippen LogP contribution is 2.34. The number of hydrogen-bond donors (Lipinski definition) is 1. The van der Waals surface area contributed by atoms with E-state index in [-0.39, 0.29) is 6.10 Å². The summed E-state index contributed by atoms with van der Waals surface area (Å²) in [5.41, 5.74) is 0. The van der Waals surface area contributed by atoms with Crippen molar-refractivity contribution in [1.82, 2.24) is 15.5 Å². The SMILES string of the molecule is CCCNC(C)c1nnc(C2CCC(C)O2)s1. The highest BCUT2D eigenvalue weighted by Gasteiger charge is 2.27. The molecule has 0 saturated carbocycles. The van der Waals surface area contributed by atoms with E-state index in [1.54, 1.807) is 11.3 Å². The average molecular weight is 255 g/mol. The van der Waals surface area contributed by atoms with Gasteiger partial charge < -0.3 is 10.1 Å². The van der Waals surface area contributed by atoms with Crippen LogP contribution in [-0.2, 0) is 4.74 Å². The van der Waals surface area contributed by atoms with Crippen LogP contribution in [0.15, 0.2) is 0 Å². The topological polar surface area (TPSA) is 47.0 Å². The van der Waals surface area contributed by atoms with Gasteiger partial charge in [-0.3, -0.25) is 0 Å². The third kappa shape index (κ3) is 3.24. The summed E-state index contributed by atoms with van der Waals surface area (Å²) in [5, 5.41) is 14.1. The van der Waals surface area contributed by atoms with Gasteiger partial charge in [-0.2, -0.15) is 0 Å². The van der Waals surface area contributed by atoms with Crippen molar-refractivity contribution in [1.29, 1.82) is 0 Å². The zero-order chi connectivity index (χ0) is 12.3. The maximum atomic E-state index is 5.81. The van der Waals surface area contributed by atoms with E-state index < -0.39 is 0 Å². The molecule has 0 bridgehead atoms. The Morgan fingerprint density at radius 1 is 1.47 bits per heavy atom. The molecule has 96 valence electrons. The first-order valence-electron chi connectivity index (χ1n) is 6.42. The summed E-state index contributed by atoms with van der Waals surface area (Å²) in [6.07, 6.45) is 3.88. The van der Waals surface area contributed by atoms with Crippen molar-refractivity contribution in [3.05, 3.63) is 10.0 Å². The van der Waals surface area contributed by atoms with Gasteiger partial charge in [-0.15, -0.1) is 10.2 Å². The summed E-state index contributed by atoms with van der Waals surface area (Å²) < 4.78 is 5.81. The molecule has 0 spiro atoms. The summed E-state index contributed by atoms with van der Waals surface area (Å²) >= 11 is 1.68. The molecule has 0 radical (unpaired) electrons. The van der Waals surface area contributed by atoms with Gasteiger partial charge in [-0.05, 0) is 39.7 Å². The fourth-order valence-corrected chi connectivity index (χ4v) is 2.93. The van der Waals surface area contributed by atoms with E-state index in [0.717, 1.165) is 35.8 Å². The van der Waals surface area contributed by atoms with Crippen molar-refractivity contribution < 1.29 is 4.74 Å². The number of nitrogens with zero attached hydrogens (tertiary/aromatic N) is 2. The molecule has 2 heterocycles. The molecular weight excluding hydrogens is 234 g/mol. The minimum absolute atomic E-state index is 0.176. The van der Waals surface area contributed by atoms with Gasteiger partial charge >= 0.3 is 0 Å². The lowest BCUT2D eigenvalue weighted by molar-refractivity contribution is 0.0550. The lowest BCUT2D eigenvalue weighted by atomic mass is 10.2. The Kier molecular flexibility index (Phi) is 4.48. The van der Waals surface area contributed by atoms with Gasteiger partial charge in [0.05, 0.1) is 12.1 Å². The summed E-state index contributed by atoms with van der Waals surface area (Å²) in [4.78, 5) is 0. The zero-order valence-electron chi connectivity index (χ0n) is 10.8. The van der Waals surface area contributed by atoms with Crippen LogP contribution < -0.4 is 5.32 Å². The molecule has 0 aliphatic carbocycles. The molecule has 1 aromatic rings. The third-order valence-electron chi connectivity index (χ3n) is 3.03. The highest BCUT2D eigenvalue weighted by atomic mass is 32.1. The molecule has 1 aromatic heterocycles. The summed E-state index contributed by atoms with van der Waals surface area (Å²) in [7, 11) is 0.